The van der Waals surface area contributed by atoms with E-state index in [1.54, 1.807) is 0 Å². The second-order valence-electron chi connectivity index (χ2n) is 5.98. The lowest BCUT2D eigenvalue weighted by atomic mass is 9.92. The van der Waals surface area contributed by atoms with Gasteiger partial charge >= 0.3 is 0 Å². The first-order valence-electron chi connectivity index (χ1n) is 8.34. The second kappa shape index (κ2) is 8.20. The fraction of sp³-hybridized carbons (Fsp3) is 0.444. The average molecular weight is 351 g/mol. The largest absolute Gasteiger partial charge is 0.441 e. The highest BCUT2D eigenvalue weighted by Crippen LogP contribution is 2.24. The number of carbonyl (C=O) groups is 1. The van der Waals surface area contributed by atoms with Gasteiger partial charge in [-0.25, -0.2) is 13.8 Å². The van der Waals surface area contributed by atoms with E-state index in [0.29, 0.717) is 12.4 Å². The Kier molecular flexibility index (Phi) is 6.25. The van der Waals surface area contributed by atoms with E-state index < -0.39 is 17.2 Å². The van der Waals surface area contributed by atoms with Crippen molar-refractivity contribution >= 4 is 5.91 Å². The lowest BCUT2D eigenvalue weighted by Crippen LogP contribution is -2.52. The van der Waals surface area contributed by atoms with Gasteiger partial charge in [-0.2, -0.15) is 0 Å². The molecule has 2 rings (SSSR count). The fourth-order valence-corrected chi connectivity index (χ4v) is 2.58. The van der Waals surface area contributed by atoms with Crippen molar-refractivity contribution < 1.29 is 18.0 Å². The summed E-state index contributed by atoms with van der Waals surface area (Å²) >= 11 is 0. The summed E-state index contributed by atoms with van der Waals surface area (Å²) in [5.41, 5.74) is 5.50. The van der Waals surface area contributed by atoms with Gasteiger partial charge in [0.05, 0.1) is 17.3 Å². The molecule has 136 valence electrons. The molecule has 2 aromatic rings. The third kappa shape index (κ3) is 4.63. The number of nitrogens with two attached hydrogens (primary N) is 1. The summed E-state index contributed by atoms with van der Waals surface area (Å²) in [5, 5.41) is 2.97. The van der Waals surface area contributed by atoms with Crippen molar-refractivity contribution in [2.75, 3.05) is 6.54 Å². The molecule has 0 aliphatic carbocycles. The molecule has 7 heteroatoms. The van der Waals surface area contributed by atoms with Crippen LogP contribution in [-0.2, 0) is 11.2 Å². The fourth-order valence-electron chi connectivity index (χ4n) is 2.58. The molecule has 0 radical (unpaired) electrons. The Labute approximate surface area is 145 Å². The Balaban J connectivity index is 1.98. The maximum Gasteiger partial charge on any atom is 0.220 e. The van der Waals surface area contributed by atoms with Crippen LogP contribution in [0.15, 0.2) is 28.8 Å². The van der Waals surface area contributed by atoms with Crippen LogP contribution in [0.2, 0.25) is 0 Å². The molecule has 0 saturated heterocycles. The average Bonchev–Trinajstić information content (AvgIpc) is 3.07. The zero-order chi connectivity index (χ0) is 18.4. The van der Waals surface area contributed by atoms with Crippen LogP contribution >= 0.6 is 0 Å². The number of amides is 1. The lowest BCUT2D eigenvalue weighted by Gasteiger charge is -2.31. The molecule has 0 bridgehead atoms. The number of halogens is 2. The van der Waals surface area contributed by atoms with E-state index in [-0.39, 0.29) is 30.1 Å². The minimum absolute atomic E-state index is 0.128. The van der Waals surface area contributed by atoms with Crippen molar-refractivity contribution in [2.24, 2.45) is 5.73 Å². The lowest BCUT2D eigenvalue weighted by molar-refractivity contribution is -0.123. The zero-order valence-corrected chi connectivity index (χ0v) is 14.4. The van der Waals surface area contributed by atoms with Gasteiger partial charge in [0.15, 0.2) is 11.7 Å². The Morgan fingerprint density at radius 2 is 2.04 bits per heavy atom. The van der Waals surface area contributed by atoms with Gasteiger partial charge in [-0.05, 0) is 25.0 Å². The second-order valence-corrected chi connectivity index (χ2v) is 5.98. The number of hydrogen-bond donors (Lipinski definition) is 2. The van der Waals surface area contributed by atoms with E-state index in [1.165, 1.54) is 12.3 Å². The third-order valence-electron chi connectivity index (χ3n) is 4.46. The summed E-state index contributed by atoms with van der Waals surface area (Å²) in [4.78, 5) is 16.2. The van der Waals surface area contributed by atoms with Crippen LogP contribution in [0, 0.1) is 11.6 Å². The number of rotatable bonds is 8. The van der Waals surface area contributed by atoms with Crippen molar-refractivity contribution in [3.05, 3.63) is 41.9 Å². The van der Waals surface area contributed by atoms with Crippen molar-refractivity contribution in [3.63, 3.8) is 0 Å². The molecule has 0 aliphatic rings. The number of oxazole rings is 1. The van der Waals surface area contributed by atoms with Crippen LogP contribution in [0.5, 0.6) is 0 Å². The Morgan fingerprint density at radius 3 is 2.64 bits per heavy atom. The minimum atomic E-state index is -0.723. The molecule has 0 unspecified atom stereocenters. The molecule has 0 atom stereocenters. The number of benzene rings is 1. The molecule has 3 N–H and O–H groups in total. The van der Waals surface area contributed by atoms with Gasteiger partial charge in [0.2, 0.25) is 5.91 Å². The van der Waals surface area contributed by atoms with E-state index in [4.69, 9.17) is 10.2 Å². The predicted octanol–water partition coefficient (Wildman–Crippen LogP) is 3.19. The first kappa shape index (κ1) is 19.1. The summed E-state index contributed by atoms with van der Waals surface area (Å²) < 4.78 is 32.2. The number of nitrogens with one attached hydrogen (secondary N) is 1. The van der Waals surface area contributed by atoms with Gasteiger partial charge in [0.25, 0.3) is 0 Å². The van der Waals surface area contributed by atoms with Gasteiger partial charge in [-0.15, -0.1) is 0 Å². The number of aromatic nitrogens is 1. The molecule has 1 aromatic heterocycles. The monoisotopic (exact) mass is 351 g/mol. The number of aryl methyl sites for hydroxylation is 1. The van der Waals surface area contributed by atoms with Crippen LogP contribution in [0.3, 0.4) is 0 Å². The van der Waals surface area contributed by atoms with Gasteiger partial charge < -0.3 is 15.5 Å². The Hall–Kier alpha value is -2.28. The van der Waals surface area contributed by atoms with Crippen molar-refractivity contribution in [2.45, 2.75) is 45.1 Å². The Bertz CT molecular complexity index is 719. The Morgan fingerprint density at radius 1 is 1.32 bits per heavy atom. The summed E-state index contributed by atoms with van der Waals surface area (Å²) in [6.07, 6.45) is 3.33. The van der Waals surface area contributed by atoms with Gasteiger partial charge in [-0.1, -0.05) is 13.8 Å². The highest BCUT2D eigenvalue weighted by Gasteiger charge is 2.26. The predicted molar refractivity (Wildman–Crippen MR) is 90.7 cm³/mol. The first-order chi connectivity index (χ1) is 11.9. The van der Waals surface area contributed by atoms with E-state index in [2.05, 4.69) is 10.3 Å². The molecular weight excluding hydrogens is 328 g/mol. The van der Waals surface area contributed by atoms with Crippen LogP contribution in [0.25, 0.3) is 11.3 Å². The standard InChI is InChI=1S/C18H23F2N3O2/c1-3-18(4-2,11-21)23-16(24)7-8-17-22-10-15(25-17)13-6-5-12(19)9-14(13)20/h5-6,9-10H,3-4,7-8,11,21H2,1-2H3,(H,23,24). The normalized spacial score (nSPS) is 11.6. The third-order valence-corrected chi connectivity index (χ3v) is 4.46. The van der Waals surface area contributed by atoms with Crippen LogP contribution in [0.1, 0.15) is 39.0 Å². The molecule has 1 heterocycles. The highest BCUT2D eigenvalue weighted by molar-refractivity contribution is 5.77. The summed E-state index contributed by atoms with van der Waals surface area (Å²) in [7, 11) is 0. The molecular formula is C18H23F2N3O2. The molecule has 0 fully saturated rings. The van der Waals surface area contributed by atoms with Gasteiger partial charge in [0.1, 0.15) is 11.6 Å². The number of hydrogen-bond acceptors (Lipinski definition) is 4. The molecule has 0 spiro atoms. The van der Waals surface area contributed by atoms with Crippen LogP contribution in [0.4, 0.5) is 8.78 Å². The molecule has 5 nitrogen and oxygen atoms in total. The smallest absolute Gasteiger partial charge is 0.220 e. The molecule has 25 heavy (non-hydrogen) atoms. The molecule has 0 saturated carbocycles. The topological polar surface area (TPSA) is 81.1 Å². The quantitative estimate of drug-likeness (QED) is 0.765. The van der Waals surface area contributed by atoms with Gasteiger partial charge in [0, 0.05) is 25.5 Å². The van der Waals surface area contributed by atoms with E-state index in [1.807, 2.05) is 13.8 Å². The van der Waals surface area contributed by atoms with Crippen LogP contribution < -0.4 is 11.1 Å². The summed E-state index contributed by atoms with van der Waals surface area (Å²) in [6.45, 7) is 4.33. The maximum absolute atomic E-state index is 13.8. The van der Waals surface area contributed by atoms with Crippen molar-refractivity contribution in [1.29, 1.82) is 0 Å². The van der Waals surface area contributed by atoms with Crippen molar-refractivity contribution in [3.8, 4) is 11.3 Å². The zero-order valence-electron chi connectivity index (χ0n) is 14.4. The highest BCUT2D eigenvalue weighted by atomic mass is 19.1. The van der Waals surface area contributed by atoms with Crippen LogP contribution in [-0.4, -0.2) is 23.0 Å². The van der Waals surface area contributed by atoms with E-state index in [9.17, 15) is 13.6 Å². The first-order valence-corrected chi connectivity index (χ1v) is 8.34. The summed E-state index contributed by atoms with van der Waals surface area (Å²) in [6, 6.07) is 3.22. The minimum Gasteiger partial charge on any atom is -0.441 e. The maximum atomic E-state index is 13.8. The van der Waals surface area contributed by atoms with E-state index >= 15 is 0 Å². The molecule has 1 aromatic carbocycles. The number of carbonyl (C=O) groups excluding carboxylic acids is 1. The van der Waals surface area contributed by atoms with Crippen molar-refractivity contribution in [1.82, 2.24) is 10.3 Å². The molecule has 1 amide bonds. The SMILES string of the molecule is CCC(CC)(CN)NC(=O)CCc1ncc(-c2ccc(F)cc2F)o1. The van der Waals surface area contributed by atoms with Gasteiger partial charge in [-0.3, -0.25) is 4.79 Å². The summed E-state index contributed by atoms with van der Waals surface area (Å²) in [5.74, 6) is -1.000. The molecule has 0 aliphatic heterocycles. The number of nitrogens with zero attached hydrogens (tertiary/aromatic N) is 1. The van der Waals surface area contributed by atoms with E-state index in [0.717, 1.165) is 25.0 Å².